The molecular formula is C22H23ClN4O2. The van der Waals surface area contributed by atoms with Crippen LogP contribution in [0.3, 0.4) is 0 Å². The maximum Gasteiger partial charge on any atom is 0.253 e. The van der Waals surface area contributed by atoms with E-state index in [2.05, 4.69) is 22.0 Å². The predicted molar refractivity (Wildman–Crippen MR) is 112 cm³/mol. The Labute approximate surface area is 175 Å². The first-order valence-electron chi connectivity index (χ1n) is 9.82. The molecule has 2 aromatic carbocycles. The number of carbonyl (C=O) groups excluding carboxylic acids is 1. The van der Waals surface area contributed by atoms with Gasteiger partial charge in [0.25, 0.3) is 5.91 Å². The van der Waals surface area contributed by atoms with E-state index in [1.54, 1.807) is 6.07 Å². The van der Waals surface area contributed by atoms with Crippen LogP contribution in [0.15, 0.2) is 52.9 Å². The Hall–Kier alpha value is -2.70. The molecule has 1 aromatic heterocycles. The van der Waals surface area contributed by atoms with Gasteiger partial charge in [0.15, 0.2) is 0 Å². The molecule has 2 heterocycles. The third kappa shape index (κ3) is 4.49. The lowest BCUT2D eigenvalue weighted by molar-refractivity contribution is 0.0618. The molecular weight excluding hydrogens is 388 g/mol. The van der Waals surface area contributed by atoms with Crippen molar-refractivity contribution in [2.24, 2.45) is 0 Å². The summed E-state index contributed by atoms with van der Waals surface area (Å²) in [7, 11) is 0. The van der Waals surface area contributed by atoms with Gasteiger partial charge in [0, 0.05) is 31.7 Å². The summed E-state index contributed by atoms with van der Waals surface area (Å²) in [6.07, 6.45) is 0.973. The highest BCUT2D eigenvalue weighted by Gasteiger charge is 2.23. The van der Waals surface area contributed by atoms with E-state index in [-0.39, 0.29) is 5.91 Å². The van der Waals surface area contributed by atoms with Crippen molar-refractivity contribution in [3.05, 3.63) is 70.6 Å². The van der Waals surface area contributed by atoms with E-state index in [9.17, 15) is 4.79 Å². The molecule has 0 saturated carbocycles. The summed E-state index contributed by atoms with van der Waals surface area (Å²) in [4.78, 5) is 16.8. The number of aryl methyl sites for hydroxylation is 1. The fourth-order valence-corrected chi connectivity index (χ4v) is 3.64. The van der Waals surface area contributed by atoms with E-state index in [0.717, 1.165) is 30.6 Å². The summed E-state index contributed by atoms with van der Waals surface area (Å²) < 4.78 is 5.79. The van der Waals surface area contributed by atoms with Gasteiger partial charge in [-0.1, -0.05) is 42.8 Å². The first-order valence-corrected chi connectivity index (χ1v) is 10.2. The molecule has 150 valence electrons. The Morgan fingerprint density at radius 3 is 2.45 bits per heavy atom. The lowest BCUT2D eigenvalue weighted by atomic mass is 10.1. The second-order valence-electron chi connectivity index (χ2n) is 7.10. The summed E-state index contributed by atoms with van der Waals surface area (Å²) in [6.45, 7) is 5.56. The van der Waals surface area contributed by atoms with Gasteiger partial charge in [0.1, 0.15) is 0 Å². The van der Waals surface area contributed by atoms with Gasteiger partial charge in [0.05, 0.1) is 17.1 Å². The maximum atomic E-state index is 12.7. The molecule has 0 spiro atoms. The largest absolute Gasteiger partial charge is 0.419 e. The van der Waals surface area contributed by atoms with Crippen LogP contribution in [0.25, 0.3) is 11.5 Å². The SMILES string of the molecule is CCc1ccc(C(=O)N2CCN(Cc3nnc(-c4ccccc4Cl)o3)CC2)cc1. The molecule has 1 saturated heterocycles. The molecule has 1 aliphatic rings. The van der Waals surface area contributed by atoms with Gasteiger partial charge in [0.2, 0.25) is 11.8 Å². The molecule has 0 bridgehead atoms. The molecule has 1 fully saturated rings. The van der Waals surface area contributed by atoms with Gasteiger partial charge in [-0.25, -0.2) is 0 Å². The number of aromatic nitrogens is 2. The first-order chi connectivity index (χ1) is 14.1. The summed E-state index contributed by atoms with van der Waals surface area (Å²) in [5.41, 5.74) is 2.72. The Morgan fingerprint density at radius 1 is 1.03 bits per heavy atom. The number of amides is 1. The van der Waals surface area contributed by atoms with Crippen molar-refractivity contribution in [1.29, 1.82) is 0 Å². The third-order valence-electron chi connectivity index (χ3n) is 5.20. The van der Waals surface area contributed by atoms with Gasteiger partial charge < -0.3 is 9.32 Å². The molecule has 1 amide bonds. The lowest BCUT2D eigenvalue weighted by Crippen LogP contribution is -2.48. The highest BCUT2D eigenvalue weighted by Crippen LogP contribution is 2.26. The van der Waals surface area contributed by atoms with Crippen molar-refractivity contribution in [3.8, 4) is 11.5 Å². The molecule has 1 aliphatic heterocycles. The molecule has 3 aromatic rings. The van der Waals surface area contributed by atoms with Crippen LogP contribution in [0.5, 0.6) is 0 Å². The number of hydrogen-bond donors (Lipinski definition) is 0. The topological polar surface area (TPSA) is 62.5 Å². The van der Waals surface area contributed by atoms with Gasteiger partial charge >= 0.3 is 0 Å². The fraction of sp³-hybridized carbons (Fsp3) is 0.318. The summed E-state index contributed by atoms with van der Waals surface area (Å²) in [5.74, 6) is 1.07. The van der Waals surface area contributed by atoms with Crippen LogP contribution >= 0.6 is 11.6 Å². The second kappa shape index (κ2) is 8.76. The number of halogens is 1. The second-order valence-corrected chi connectivity index (χ2v) is 7.51. The zero-order valence-electron chi connectivity index (χ0n) is 16.3. The minimum Gasteiger partial charge on any atom is -0.419 e. The van der Waals surface area contributed by atoms with E-state index < -0.39 is 0 Å². The first kappa shape index (κ1) is 19.6. The summed E-state index contributed by atoms with van der Waals surface area (Å²) in [5, 5.41) is 8.85. The normalized spacial score (nSPS) is 14.9. The molecule has 0 radical (unpaired) electrons. The summed E-state index contributed by atoms with van der Waals surface area (Å²) >= 11 is 6.20. The fourth-order valence-electron chi connectivity index (χ4n) is 3.43. The van der Waals surface area contributed by atoms with Gasteiger partial charge in [-0.3, -0.25) is 9.69 Å². The number of piperazine rings is 1. The average molecular weight is 411 g/mol. The Bertz CT molecular complexity index is 978. The van der Waals surface area contributed by atoms with Crippen LogP contribution < -0.4 is 0 Å². The molecule has 0 N–H and O–H groups in total. The lowest BCUT2D eigenvalue weighted by Gasteiger charge is -2.34. The van der Waals surface area contributed by atoms with Crippen molar-refractivity contribution < 1.29 is 9.21 Å². The standard InChI is InChI=1S/C22H23ClN4O2/c1-2-16-7-9-17(10-8-16)22(28)27-13-11-26(12-14-27)15-20-24-25-21(29-20)18-5-3-4-6-19(18)23/h3-10H,2,11-15H2,1H3. The molecule has 0 aliphatic carbocycles. The van der Waals surface area contributed by atoms with E-state index in [1.165, 1.54) is 5.56 Å². The smallest absolute Gasteiger partial charge is 0.253 e. The number of rotatable bonds is 5. The number of carbonyl (C=O) groups is 1. The van der Waals surface area contributed by atoms with Crippen LogP contribution in [-0.4, -0.2) is 52.1 Å². The number of benzene rings is 2. The molecule has 29 heavy (non-hydrogen) atoms. The minimum atomic E-state index is 0.0890. The monoisotopic (exact) mass is 410 g/mol. The highest BCUT2D eigenvalue weighted by molar-refractivity contribution is 6.33. The predicted octanol–water partition coefficient (Wildman–Crippen LogP) is 3.91. The van der Waals surface area contributed by atoms with E-state index >= 15 is 0 Å². The molecule has 0 unspecified atom stereocenters. The number of nitrogens with zero attached hydrogens (tertiary/aromatic N) is 4. The third-order valence-corrected chi connectivity index (χ3v) is 5.53. The van der Waals surface area contributed by atoms with Crippen molar-refractivity contribution in [2.75, 3.05) is 26.2 Å². The number of hydrogen-bond acceptors (Lipinski definition) is 5. The van der Waals surface area contributed by atoms with Crippen molar-refractivity contribution in [2.45, 2.75) is 19.9 Å². The van der Waals surface area contributed by atoms with Crippen molar-refractivity contribution in [3.63, 3.8) is 0 Å². The zero-order valence-corrected chi connectivity index (χ0v) is 17.1. The highest BCUT2D eigenvalue weighted by atomic mass is 35.5. The van der Waals surface area contributed by atoms with E-state index in [4.69, 9.17) is 16.0 Å². The van der Waals surface area contributed by atoms with E-state index in [0.29, 0.717) is 36.4 Å². The van der Waals surface area contributed by atoms with Crippen LogP contribution in [-0.2, 0) is 13.0 Å². The molecule has 4 rings (SSSR count). The molecule has 7 heteroatoms. The van der Waals surface area contributed by atoms with Gasteiger partial charge in [-0.2, -0.15) is 0 Å². The van der Waals surface area contributed by atoms with Gasteiger partial charge in [-0.05, 0) is 36.2 Å². The van der Waals surface area contributed by atoms with Crippen LogP contribution in [0.4, 0.5) is 0 Å². The van der Waals surface area contributed by atoms with Crippen molar-refractivity contribution >= 4 is 17.5 Å². The Balaban J connectivity index is 1.33. The van der Waals surface area contributed by atoms with Crippen LogP contribution in [0, 0.1) is 0 Å². The van der Waals surface area contributed by atoms with Crippen molar-refractivity contribution in [1.82, 2.24) is 20.0 Å². The molecule has 0 atom stereocenters. The zero-order chi connectivity index (χ0) is 20.2. The average Bonchev–Trinajstić information content (AvgIpc) is 3.22. The minimum absolute atomic E-state index is 0.0890. The Morgan fingerprint density at radius 2 is 1.76 bits per heavy atom. The molecule has 6 nitrogen and oxygen atoms in total. The quantitative estimate of drug-likeness (QED) is 0.638. The Kier molecular flexibility index (Phi) is 5.92. The van der Waals surface area contributed by atoms with E-state index in [1.807, 2.05) is 47.4 Å². The van der Waals surface area contributed by atoms with Crippen LogP contribution in [0.2, 0.25) is 5.02 Å². The maximum absolute atomic E-state index is 12.7. The van der Waals surface area contributed by atoms with Gasteiger partial charge in [-0.15, -0.1) is 10.2 Å². The summed E-state index contributed by atoms with van der Waals surface area (Å²) in [6, 6.07) is 15.3. The van der Waals surface area contributed by atoms with Crippen LogP contribution in [0.1, 0.15) is 28.7 Å².